The molecule has 6 nitrogen and oxygen atoms in total. The summed E-state index contributed by atoms with van der Waals surface area (Å²) in [5, 5.41) is 0.300. The van der Waals surface area contributed by atoms with Crippen molar-refractivity contribution in [1.82, 2.24) is 4.72 Å². The number of benzene rings is 2. The second-order valence-electron chi connectivity index (χ2n) is 5.11. The second kappa shape index (κ2) is 8.53. The van der Waals surface area contributed by atoms with Crippen LogP contribution in [0.15, 0.2) is 47.4 Å². The van der Waals surface area contributed by atoms with Crippen LogP contribution in [-0.4, -0.2) is 36.3 Å². The molecule has 2 rings (SSSR count). The van der Waals surface area contributed by atoms with E-state index in [1.165, 1.54) is 26.4 Å². The van der Waals surface area contributed by atoms with Crippen LogP contribution in [-0.2, 0) is 14.8 Å². The van der Waals surface area contributed by atoms with Gasteiger partial charge in [-0.05, 0) is 24.3 Å². The van der Waals surface area contributed by atoms with Crippen molar-refractivity contribution in [1.29, 1.82) is 0 Å². The normalized spacial score (nSPS) is 12.6. The van der Waals surface area contributed by atoms with E-state index in [4.69, 9.17) is 25.8 Å². The molecular weight excluding hydrogens is 366 g/mol. The number of rotatable bonds is 8. The number of sulfonamides is 1. The van der Waals surface area contributed by atoms with Gasteiger partial charge >= 0.3 is 0 Å². The van der Waals surface area contributed by atoms with Crippen LogP contribution in [0.25, 0.3) is 0 Å². The minimum absolute atomic E-state index is 0.0227. The summed E-state index contributed by atoms with van der Waals surface area (Å²) in [6.45, 7) is 0.0227. The molecule has 0 radical (unpaired) electrons. The summed E-state index contributed by atoms with van der Waals surface area (Å²) in [5.74, 6) is 0.831. The number of para-hydroxylation sites is 1. The molecule has 2 aromatic carbocycles. The van der Waals surface area contributed by atoms with Crippen LogP contribution in [0.3, 0.4) is 0 Å². The lowest BCUT2D eigenvalue weighted by Gasteiger charge is -2.19. The van der Waals surface area contributed by atoms with Crippen LogP contribution in [0.5, 0.6) is 11.5 Å². The van der Waals surface area contributed by atoms with Crippen molar-refractivity contribution in [2.75, 3.05) is 27.9 Å². The molecule has 0 aliphatic heterocycles. The van der Waals surface area contributed by atoms with E-state index < -0.39 is 16.1 Å². The molecule has 0 spiro atoms. The van der Waals surface area contributed by atoms with Crippen LogP contribution >= 0.6 is 11.6 Å². The minimum Gasteiger partial charge on any atom is -0.496 e. The molecule has 0 bridgehead atoms. The maximum atomic E-state index is 12.6. The van der Waals surface area contributed by atoms with Gasteiger partial charge in [-0.15, -0.1) is 0 Å². The number of methoxy groups -OCH3 is 3. The average molecular weight is 386 g/mol. The van der Waals surface area contributed by atoms with E-state index >= 15 is 0 Å². The highest BCUT2D eigenvalue weighted by Gasteiger charge is 2.23. The lowest BCUT2D eigenvalue weighted by Crippen LogP contribution is -2.29. The van der Waals surface area contributed by atoms with Gasteiger partial charge in [-0.2, -0.15) is 0 Å². The third kappa shape index (κ3) is 4.64. The molecule has 8 heteroatoms. The zero-order valence-electron chi connectivity index (χ0n) is 14.2. The Bertz CT molecular complexity index is 826. The van der Waals surface area contributed by atoms with Gasteiger partial charge in [0.2, 0.25) is 10.0 Å². The fourth-order valence-corrected chi connectivity index (χ4v) is 3.84. The van der Waals surface area contributed by atoms with Crippen molar-refractivity contribution in [3.05, 3.63) is 53.1 Å². The van der Waals surface area contributed by atoms with Gasteiger partial charge in [-0.25, -0.2) is 13.1 Å². The van der Waals surface area contributed by atoms with E-state index in [1.807, 2.05) is 18.2 Å². The minimum atomic E-state index is -3.84. The van der Waals surface area contributed by atoms with Gasteiger partial charge in [0.25, 0.3) is 0 Å². The van der Waals surface area contributed by atoms with Crippen LogP contribution in [0, 0.1) is 0 Å². The van der Waals surface area contributed by atoms with Gasteiger partial charge in [0.1, 0.15) is 16.4 Å². The molecule has 0 fully saturated rings. The summed E-state index contributed by atoms with van der Waals surface area (Å²) in [4.78, 5) is -0.0302. The predicted octanol–water partition coefficient (Wildman–Crippen LogP) is 3.02. The Kier molecular flexibility index (Phi) is 6.66. The van der Waals surface area contributed by atoms with Crippen molar-refractivity contribution in [2.45, 2.75) is 11.0 Å². The SMILES string of the molecule is COc1ccccc1[C@@H](CNS(=O)(=O)c1cc(Cl)ccc1OC)OC. The number of ether oxygens (including phenoxy) is 3. The Hall–Kier alpha value is -1.80. The summed E-state index contributed by atoms with van der Waals surface area (Å²) in [7, 11) is 0.613. The van der Waals surface area contributed by atoms with Gasteiger partial charge in [-0.3, -0.25) is 0 Å². The van der Waals surface area contributed by atoms with E-state index in [0.717, 1.165) is 5.56 Å². The quantitative estimate of drug-likeness (QED) is 0.756. The molecule has 25 heavy (non-hydrogen) atoms. The summed E-state index contributed by atoms with van der Waals surface area (Å²) in [5.41, 5.74) is 0.744. The first kappa shape index (κ1) is 19.5. The van der Waals surface area contributed by atoms with E-state index in [-0.39, 0.29) is 17.2 Å². The molecule has 1 N–H and O–H groups in total. The molecular formula is C17H20ClNO5S. The van der Waals surface area contributed by atoms with Crippen molar-refractivity contribution in [3.63, 3.8) is 0 Å². The Morgan fingerprint density at radius 2 is 1.72 bits per heavy atom. The van der Waals surface area contributed by atoms with E-state index in [1.54, 1.807) is 19.2 Å². The smallest absolute Gasteiger partial charge is 0.244 e. The molecule has 0 unspecified atom stereocenters. The summed E-state index contributed by atoms with van der Waals surface area (Å²) >= 11 is 5.92. The fraction of sp³-hybridized carbons (Fsp3) is 0.294. The van der Waals surface area contributed by atoms with Crippen molar-refractivity contribution in [2.24, 2.45) is 0 Å². The van der Waals surface area contributed by atoms with E-state index in [0.29, 0.717) is 10.8 Å². The highest BCUT2D eigenvalue weighted by molar-refractivity contribution is 7.89. The lowest BCUT2D eigenvalue weighted by molar-refractivity contribution is 0.105. The standard InChI is InChI=1S/C17H20ClNO5S/c1-22-14-7-5-4-6-13(14)16(24-3)11-19-25(20,21)17-10-12(18)8-9-15(17)23-2/h4-10,16,19H,11H2,1-3H3/t16-/m1/s1. The zero-order valence-corrected chi connectivity index (χ0v) is 15.7. The largest absolute Gasteiger partial charge is 0.496 e. The van der Waals surface area contributed by atoms with E-state index in [2.05, 4.69) is 4.72 Å². The molecule has 0 saturated heterocycles. The molecule has 1 atom stereocenters. The number of hydrogen-bond acceptors (Lipinski definition) is 5. The summed E-state index contributed by atoms with van der Waals surface area (Å²) in [6.07, 6.45) is -0.517. The van der Waals surface area contributed by atoms with Crippen LogP contribution in [0.4, 0.5) is 0 Å². The molecule has 0 aliphatic rings. The van der Waals surface area contributed by atoms with E-state index in [9.17, 15) is 8.42 Å². The Morgan fingerprint density at radius 1 is 1.04 bits per heavy atom. The van der Waals surface area contributed by atoms with Gasteiger partial charge in [-0.1, -0.05) is 29.8 Å². The number of nitrogens with one attached hydrogen (secondary N) is 1. The van der Waals surface area contributed by atoms with Crippen molar-refractivity contribution >= 4 is 21.6 Å². The van der Waals surface area contributed by atoms with Crippen LogP contribution in [0.1, 0.15) is 11.7 Å². The highest BCUT2D eigenvalue weighted by Crippen LogP contribution is 2.29. The van der Waals surface area contributed by atoms with Crippen LogP contribution in [0.2, 0.25) is 5.02 Å². The maximum Gasteiger partial charge on any atom is 0.244 e. The van der Waals surface area contributed by atoms with Crippen molar-refractivity contribution in [3.8, 4) is 11.5 Å². The molecule has 0 heterocycles. The fourth-order valence-electron chi connectivity index (χ4n) is 2.38. The average Bonchev–Trinajstić information content (AvgIpc) is 2.62. The third-order valence-corrected chi connectivity index (χ3v) is 5.32. The first-order valence-corrected chi connectivity index (χ1v) is 9.28. The van der Waals surface area contributed by atoms with Gasteiger partial charge in [0.05, 0.1) is 20.3 Å². The summed E-state index contributed by atoms with van der Waals surface area (Å²) in [6, 6.07) is 11.7. The maximum absolute atomic E-state index is 12.6. The highest BCUT2D eigenvalue weighted by atomic mass is 35.5. The van der Waals surface area contributed by atoms with Gasteiger partial charge in [0.15, 0.2) is 0 Å². The Labute approximate surface area is 152 Å². The molecule has 136 valence electrons. The first-order valence-electron chi connectivity index (χ1n) is 7.42. The van der Waals surface area contributed by atoms with Gasteiger partial charge < -0.3 is 14.2 Å². The second-order valence-corrected chi connectivity index (χ2v) is 7.29. The summed E-state index contributed by atoms with van der Waals surface area (Å²) < 4.78 is 43.6. The molecule has 0 saturated carbocycles. The predicted molar refractivity (Wildman–Crippen MR) is 95.9 cm³/mol. The first-order chi connectivity index (χ1) is 11.9. The molecule has 2 aromatic rings. The Balaban J connectivity index is 2.25. The number of hydrogen-bond donors (Lipinski definition) is 1. The monoisotopic (exact) mass is 385 g/mol. The topological polar surface area (TPSA) is 73.9 Å². The third-order valence-electron chi connectivity index (χ3n) is 3.64. The lowest BCUT2D eigenvalue weighted by atomic mass is 10.1. The van der Waals surface area contributed by atoms with Crippen LogP contribution < -0.4 is 14.2 Å². The van der Waals surface area contributed by atoms with Crippen molar-refractivity contribution < 1.29 is 22.6 Å². The Morgan fingerprint density at radius 3 is 2.36 bits per heavy atom. The van der Waals surface area contributed by atoms with Gasteiger partial charge in [0, 0.05) is 24.2 Å². The molecule has 0 amide bonds. The molecule has 0 aromatic heterocycles. The number of halogens is 1. The zero-order chi connectivity index (χ0) is 18.4. The molecule has 0 aliphatic carbocycles.